The highest BCUT2D eigenvalue weighted by atomic mass is 35.7. The number of halogens is 8. The van der Waals surface area contributed by atoms with Crippen LogP contribution in [0.15, 0.2) is 0 Å². The second-order valence-corrected chi connectivity index (χ2v) is 8.55. The van der Waals surface area contributed by atoms with Gasteiger partial charge in [0.15, 0.2) is 0 Å². The first-order valence-electron chi connectivity index (χ1n) is 4.44. The molecule has 0 rings (SSSR count). The van der Waals surface area contributed by atoms with Crippen molar-refractivity contribution in [1.29, 1.82) is 0 Å². The van der Waals surface area contributed by atoms with Crippen LogP contribution >= 0.6 is 22.2 Å². The molecular weight excluding hydrogens is 297 g/mol. The number of hydrogen-bond donors (Lipinski definition) is 0. The summed E-state index contributed by atoms with van der Waals surface area (Å²) in [5, 5.41) is 0. The van der Waals surface area contributed by atoms with Gasteiger partial charge in [0, 0.05) is 6.42 Å². The molecule has 0 saturated heterocycles. The summed E-state index contributed by atoms with van der Waals surface area (Å²) >= 11 is 10.8. The monoisotopic (exact) mass is 306 g/mol. The van der Waals surface area contributed by atoms with Crippen molar-refractivity contribution < 1.29 is 26.3 Å². The molecule has 0 radical (unpaired) electrons. The van der Waals surface area contributed by atoms with Gasteiger partial charge in [-0.2, -0.15) is 48.5 Å². The molecule has 9 heteroatoms. The minimum atomic E-state index is -4.62. The molecule has 0 aromatic heterocycles. The Morgan fingerprint density at radius 2 is 1.44 bits per heavy atom. The molecule has 0 aliphatic heterocycles. The van der Waals surface area contributed by atoms with Gasteiger partial charge in [-0.25, -0.2) is 0 Å². The van der Waals surface area contributed by atoms with E-state index in [2.05, 4.69) is 0 Å². The molecule has 1 atom stereocenters. The van der Waals surface area contributed by atoms with Crippen molar-refractivity contribution in [3.63, 3.8) is 0 Å². The van der Waals surface area contributed by atoms with Crippen molar-refractivity contribution in [2.75, 3.05) is 0 Å². The van der Waals surface area contributed by atoms with E-state index in [9.17, 15) is 26.3 Å². The van der Waals surface area contributed by atoms with Gasteiger partial charge in [-0.3, -0.25) is 0 Å². The first-order valence-corrected chi connectivity index (χ1v) is 8.75. The smallest absolute Gasteiger partial charge is 0.171 e. The minimum absolute atomic E-state index is 0.0366. The van der Waals surface area contributed by atoms with Crippen LogP contribution in [0.25, 0.3) is 0 Å². The molecule has 0 aromatic rings. The van der Waals surface area contributed by atoms with E-state index in [1.807, 2.05) is 0 Å². The lowest BCUT2D eigenvalue weighted by atomic mass is 9.99. The normalized spacial score (nSPS) is 15.6. The summed E-state index contributed by atoms with van der Waals surface area (Å²) in [5.41, 5.74) is 0. The van der Waals surface area contributed by atoms with Crippen LogP contribution in [0.2, 0.25) is 6.04 Å². The second kappa shape index (κ2) is 6.35. The van der Waals surface area contributed by atoms with Gasteiger partial charge in [-0.05, 0) is 18.9 Å². The zero-order valence-corrected chi connectivity index (χ0v) is 10.7. The third kappa shape index (κ3) is 8.52. The van der Waals surface area contributed by atoms with Gasteiger partial charge in [-0.15, -0.1) is 0 Å². The lowest BCUT2D eigenvalue weighted by Gasteiger charge is -2.20. The topological polar surface area (TPSA) is 0 Å². The summed E-state index contributed by atoms with van der Waals surface area (Å²) in [6.45, 7) is 0. The molecule has 16 heavy (non-hydrogen) atoms. The molecule has 0 aliphatic rings. The van der Waals surface area contributed by atoms with Crippen LogP contribution in [0, 0.1) is 5.92 Å². The van der Waals surface area contributed by atoms with Gasteiger partial charge in [-0.1, -0.05) is 0 Å². The van der Waals surface area contributed by atoms with Crippen LogP contribution < -0.4 is 0 Å². The van der Waals surface area contributed by atoms with E-state index in [1.165, 1.54) is 0 Å². The molecule has 0 aliphatic carbocycles. The Balaban J connectivity index is 4.23. The highest BCUT2D eigenvalue weighted by molar-refractivity contribution is 7.33. The van der Waals surface area contributed by atoms with Crippen LogP contribution in [-0.2, 0) is 0 Å². The summed E-state index contributed by atoms with van der Waals surface area (Å²) in [7, 11) is -2.20. The average Bonchev–Trinajstić information content (AvgIpc) is 1.98. The summed E-state index contributed by atoms with van der Waals surface area (Å²) in [6, 6.07) is -0.0366. The molecular formula is C7H10Cl2F6Si. The summed E-state index contributed by atoms with van der Waals surface area (Å²) in [5.74, 6) is -1.97. The second-order valence-electron chi connectivity index (χ2n) is 3.36. The van der Waals surface area contributed by atoms with Gasteiger partial charge in [0.1, 0.15) is 0 Å². The Bertz CT molecular complexity index is 202. The molecule has 0 spiro atoms. The van der Waals surface area contributed by atoms with Crippen LogP contribution in [0.5, 0.6) is 0 Å². The maximum Gasteiger partial charge on any atom is 0.391 e. The predicted octanol–water partition coefficient (Wildman–Crippen LogP) is 4.60. The van der Waals surface area contributed by atoms with Crippen molar-refractivity contribution in [2.45, 2.75) is 37.7 Å². The average molecular weight is 307 g/mol. The maximum atomic E-state index is 12.3. The van der Waals surface area contributed by atoms with Gasteiger partial charge in [0.2, 0.25) is 7.42 Å². The van der Waals surface area contributed by atoms with E-state index in [0.29, 0.717) is 0 Å². The molecule has 0 heterocycles. The Hall–Kier alpha value is 0.377. The van der Waals surface area contributed by atoms with Crippen LogP contribution in [-0.4, -0.2) is 19.8 Å². The Morgan fingerprint density at radius 1 is 0.938 bits per heavy atom. The SMILES string of the molecule is FC(F)(F)CCC(CC[SiH](Cl)Cl)C(F)(F)F. The highest BCUT2D eigenvalue weighted by Gasteiger charge is 2.41. The first kappa shape index (κ1) is 16.4. The highest BCUT2D eigenvalue weighted by Crippen LogP contribution is 2.37. The fourth-order valence-corrected chi connectivity index (χ4v) is 2.55. The van der Waals surface area contributed by atoms with Crippen molar-refractivity contribution in [3.05, 3.63) is 0 Å². The van der Waals surface area contributed by atoms with E-state index in [1.54, 1.807) is 0 Å². The molecule has 0 nitrogen and oxygen atoms in total. The molecule has 0 bridgehead atoms. The van der Waals surface area contributed by atoms with Gasteiger partial charge in [0.05, 0.1) is 5.92 Å². The molecule has 0 aromatic carbocycles. The Labute approximate surface area is 99.9 Å². The molecule has 0 fully saturated rings. The quantitative estimate of drug-likeness (QED) is 0.396. The fourth-order valence-electron chi connectivity index (χ4n) is 1.14. The number of alkyl halides is 6. The van der Waals surface area contributed by atoms with Crippen LogP contribution in [0.1, 0.15) is 19.3 Å². The van der Waals surface area contributed by atoms with E-state index in [-0.39, 0.29) is 6.04 Å². The Morgan fingerprint density at radius 3 is 1.75 bits per heavy atom. The van der Waals surface area contributed by atoms with E-state index < -0.39 is 44.9 Å². The van der Waals surface area contributed by atoms with Gasteiger partial charge >= 0.3 is 12.4 Å². The number of rotatable bonds is 5. The van der Waals surface area contributed by atoms with Crippen molar-refractivity contribution in [2.24, 2.45) is 5.92 Å². The molecule has 98 valence electrons. The summed E-state index contributed by atoms with van der Waals surface area (Å²) in [4.78, 5) is 0. The minimum Gasteiger partial charge on any atom is -0.171 e. The third-order valence-corrected chi connectivity index (χ3v) is 4.05. The van der Waals surface area contributed by atoms with E-state index in [4.69, 9.17) is 22.2 Å². The standard InChI is InChI=1S/C7H10Cl2F6Si/c8-16(9)4-2-5(7(13,14)15)1-3-6(10,11)12/h5,16H,1-4H2. The van der Waals surface area contributed by atoms with Gasteiger partial charge in [0.25, 0.3) is 0 Å². The van der Waals surface area contributed by atoms with E-state index in [0.717, 1.165) is 0 Å². The maximum absolute atomic E-state index is 12.3. The van der Waals surface area contributed by atoms with Crippen molar-refractivity contribution in [3.8, 4) is 0 Å². The number of hydrogen-bond acceptors (Lipinski definition) is 0. The van der Waals surface area contributed by atoms with Gasteiger partial charge < -0.3 is 0 Å². The molecule has 0 saturated carbocycles. The Kier molecular flexibility index (Phi) is 6.50. The van der Waals surface area contributed by atoms with Crippen LogP contribution in [0.4, 0.5) is 26.3 Å². The zero-order valence-electron chi connectivity index (χ0n) is 8.01. The lowest BCUT2D eigenvalue weighted by Crippen LogP contribution is -2.25. The van der Waals surface area contributed by atoms with Crippen LogP contribution in [0.3, 0.4) is 0 Å². The first-order chi connectivity index (χ1) is 7.02. The fraction of sp³-hybridized carbons (Fsp3) is 1.00. The molecule has 0 amide bonds. The largest absolute Gasteiger partial charge is 0.391 e. The molecule has 1 unspecified atom stereocenters. The van der Waals surface area contributed by atoms with Crippen molar-refractivity contribution >= 4 is 29.6 Å². The summed E-state index contributed by atoms with van der Waals surface area (Å²) < 4.78 is 72.3. The molecule has 0 N–H and O–H groups in total. The third-order valence-electron chi connectivity index (χ3n) is 1.97. The lowest BCUT2D eigenvalue weighted by molar-refractivity contribution is -0.189. The predicted molar refractivity (Wildman–Crippen MR) is 53.1 cm³/mol. The zero-order chi connectivity index (χ0) is 13.0. The van der Waals surface area contributed by atoms with E-state index >= 15 is 0 Å². The summed E-state index contributed by atoms with van der Waals surface area (Å²) in [6.07, 6.45) is -12.0. The van der Waals surface area contributed by atoms with Crippen molar-refractivity contribution in [1.82, 2.24) is 0 Å².